The number of rotatable bonds is 2. The summed E-state index contributed by atoms with van der Waals surface area (Å²) in [5.41, 5.74) is 7.20. The molecule has 2 aliphatic rings. The van der Waals surface area contributed by atoms with E-state index in [2.05, 4.69) is 22.0 Å². The quantitative estimate of drug-likeness (QED) is 0.913. The van der Waals surface area contributed by atoms with Gasteiger partial charge >= 0.3 is 0 Å². The smallest absolute Gasteiger partial charge is 0.188 e. The van der Waals surface area contributed by atoms with Gasteiger partial charge in [0.25, 0.3) is 0 Å². The average Bonchev–Trinajstić information content (AvgIpc) is 2.73. The summed E-state index contributed by atoms with van der Waals surface area (Å²) in [7, 11) is 0. The molecule has 4 heteroatoms. The van der Waals surface area contributed by atoms with Gasteiger partial charge in [0, 0.05) is 23.4 Å². The molecular weight excluding hydrogens is 292 g/mol. The van der Waals surface area contributed by atoms with Crippen LogP contribution >= 0.6 is 15.9 Å². The predicted molar refractivity (Wildman–Crippen MR) is 75.8 cm³/mol. The normalized spacial score (nSPS) is 30.6. The third-order valence-corrected chi connectivity index (χ3v) is 4.47. The molecule has 0 bridgehead atoms. The summed E-state index contributed by atoms with van der Waals surface area (Å²) in [6, 6.07) is 8.83. The summed E-state index contributed by atoms with van der Waals surface area (Å²) in [4.78, 5) is 4.70. The molecule has 3 unspecified atom stereocenters. The fourth-order valence-electron chi connectivity index (χ4n) is 2.70. The zero-order valence-corrected chi connectivity index (χ0v) is 11.8. The van der Waals surface area contributed by atoms with E-state index in [0.717, 1.165) is 36.1 Å². The van der Waals surface area contributed by atoms with E-state index < -0.39 is 0 Å². The number of aliphatic imine (C=N–C) groups is 1. The third kappa shape index (κ3) is 2.45. The van der Waals surface area contributed by atoms with Gasteiger partial charge in [-0.1, -0.05) is 34.1 Å². The highest BCUT2D eigenvalue weighted by atomic mass is 79.9. The van der Waals surface area contributed by atoms with Crippen LogP contribution in [0.5, 0.6) is 0 Å². The molecule has 1 aromatic carbocycles. The standard InChI is InChI=1S/C14H17BrN2O/c15-11-4-2-1-3-9(11)7-14-17-12-6-5-10(16)8-13(12)18-14/h1-4,10,12-13H,5-8,16H2. The van der Waals surface area contributed by atoms with Crippen LogP contribution in [-0.4, -0.2) is 24.1 Å². The highest BCUT2D eigenvalue weighted by Crippen LogP contribution is 2.29. The van der Waals surface area contributed by atoms with Gasteiger partial charge in [-0.25, -0.2) is 4.99 Å². The Bertz CT molecular complexity index is 475. The molecular formula is C14H17BrN2O. The molecule has 0 amide bonds. The van der Waals surface area contributed by atoms with Crippen molar-refractivity contribution in [3.8, 4) is 0 Å². The predicted octanol–water partition coefficient (Wildman–Crippen LogP) is 2.67. The topological polar surface area (TPSA) is 47.6 Å². The Hall–Kier alpha value is -0.870. The molecule has 1 aromatic rings. The number of ether oxygens (including phenoxy) is 1. The summed E-state index contributed by atoms with van der Waals surface area (Å²) in [6.45, 7) is 0. The van der Waals surface area contributed by atoms with Crippen molar-refractivity contribution in [1.82, 2.24) is 0 Å². The number of hydrogen-bond acceptors (Lipinski definition) is 3. The minimum Gasteiger partial charge on any atom is -0.475 e. The Balaban J connectivity index is 1.70. The number of nitrogens with zero attached hydrogens (tertiary/aromatic N) is 1. The molecule has 3 nitrogen and oxygen atoms in total. The molecule has 1 saturated carbocycles. The first-order chi connectivity index (χ1) is 8.72. The van der Waals surface area contributed by atoms with Gasteiger partial charge < -0.3 is 10.5 Å². The molecule has 18 heavy (non-hydrogen) atoms. The van der Waals surface area contributed by atoms with Crippen molar-refractivity contribution in [2.24, 2.45) is 10.7 Å². The average molecular weight is 309 g/mol. The first-order valence-electron chi connectivity index (χ1n) is 6.44. The minimum atomic E-state index is 0.214. The molecule has 3 atom stereocenters. The van der Waals surface area contributed by atoms with E-state index in [0.29, 0.717) is 6.04 Å². The Kier molecular flexibility index (Phi) is 3.39. The van der Waals surface area contributed by atoms with Crippen molar-refractivity contribution >= 4 is 21.8 Å². The van der Waals surface area contributed by atoms with Gasteiger partial charge in [0.05, 0.1) is 6.04 Å². The lowest BCUT2D eigenvalue weighted by Gasteiger charge is -2.26. The highest BCUT2D eigenvalue weighted by molar-refractivity contribution is 9.10. The molecule has 1 heterocycles. The van der Waals surface area contributed by atoms with E-state index in [1.807, 2.05) is 18.2 Å². The van der Waals surface area contributed by atoms with Crippen molar-refractivity contribution in [2.45, 2.75) is 43.9 Å². The van der Waals surface area contributed by atoms with Crippen LogP contribution < -0.4 is 5.73 Å². The molecule has 1 aliphatic carbocycles. The molecule has 1 fully saturated rings. The Morgan fingerprint density at radius 1 is 1.33 bits per heavy atom. The van der Waals surface area contributed by atoms with Crippen LogP contribution in [0.1, 0.15) is 24.8 Å². The molecule has 96 valence electrons. The van der Waals surface area contributed by atoms with Crippen LogP contribution in [0.15, 0.2) is 33.7 Å². The lowest BCUT2D eigenvalue weighted by Crippen LogP contribution is -2.38. The Morgan fingerprint density at radius 3 is 3.00 bits per heavy atom. The van der Waals surface area contributed by atoms with Crippen molar-refractivity contribution < 1.29 is 4.74 Å². The minimum absolute atomic E-state index is 0.214. The Morgan fingerprint density at radius 2 is 2.17 bits per heavy atom. The summed E-state index contributed by atoms with van der Waals surface area (Å²) in [6.07, 6.45) is 4.05. The second kappa shape index (κ2) is 5.02. The van der Waals surface area contributed by atoms with Gasteiger partial charge in [0.1, 0.15) is 6.10 Å². The van der Waals surface area contributed by atoms with E-state index >= 15 is 0 Å². The fraction of sp³-hybridized carbons (Fsp3) is 0.500. The molecule has 2 N–H and O–H groups in total. The van der Waals surface area contributed by atoms with Gasteiger partial charge in [-0.2, -0.15) is 0 Å². The highest BCUT2D eigenvalue weighted by Gasteiger charge is 2.35. The Labute approximate surface area is 116 Å². The molecule has 0 saturated heterocycles. The molecule has 0 radical (unpaired) electrons. The van der Waals surface area contributed by atoms with Crippen LogP contribution in [-0.2, 0) is 11.2 Å². The largest absolute Gasteiger partial charge is 0.475 e. The van der Waals surface area contributed by atoms with Crippen LogP contribution in [0.4, 0.5) is 0 Å². The van der Waals surface area contributed by atoms with Crippen molar-refractivity contribution in [2.75, 3.05) is 0 Å². The second-order valence-electron chi connectivity index (χ2n) is 5.09. The van der Waals surface area contributed by atoms with Crippen LogP contribution in [0.25, 0.3) is 0 Å². The first-order valence-corrected chi connectivity index (χ1v) is 7.24. The molecule has 1 aliphatic heterocycles. The van der Waals surface area contributed by atoms with Crippen molar-refractivity contribution in [1.29, 1.82) is 0 Å². The van der Waals surface area contributed by atoms with Gasteiger partial charge in [0.15, 0.2) is 5.90 Å². The second-order valence-corrected chi connectivity index (χ2v) is 5.94. The van der Waals surface area contributed by atoms with E-state index in [1.165, 1.54) is 5.56 Å². The number of nitrogens with two attached hydrogens (primary N) is 1. The van der Waals surface area contributed by atoms with Crippen LogP contribution in [0, 0.1) is 0 Å². The van der Waals surface area contributed by atoms with Gasteiger partial charge in [-0.05, 0) is 24.5 Å². The van der Waals surface area contributed by atoms with Crippen molar-refractivity contribution in [3.05, 3.63) is 34.3 Å². The summed E-state index contributed by atoms with van der Waals surface area (Å²) < 4.78 is 7.06. The number of halogens is 1. The SMILES string of the molecule is NC1CCC2N=C(Cc3ccccc3Br)OC2C1. The first kappa shape index (κ1) is 12.2. The third-order valence-electron chi connectivity index (χ3n) is 3.69. The number of fused-ring (bicyclic) bond motifs is 1. The molecule has 3 rings (SSSR count). The maximum atomic E-state index is 5.97. The maximum absolute atomic E-state index is 5.97. The summed E-state index contributed by atoms with van der Waals surface area (Å²) in [5, 5.41) is 0. The van der Waals surface area contributed by atoms with Gasteiger partial charge in [-0.15, -0.1) is 0 Å². The van der Waals surface area contributed by atoms with Gasteiger partial charge in [0.2, 0.25) is 0 Å². The summed E-state index contributed by atoms with van der Waals surface area (Å²) >= 11 is 3.56. The number of benzene rings is 1. The van der Waals surface area contributed by atoms with E-state index in [4.69, 9.17) is 15.5 Å². The van der Waals surface area contributed by atoms with Crippen LogP contribution in [0.3, 0.4) is 0 Å². The lowest BCUT2D eigenvalue weighted by molar-refractivity contribution is 0.139. The van der Waals surface area contributed by atoms with Gasteiger partial charge in [-0.3, -0.25) is 0 Å². The van der Waals surface area contributed by atoms with E-state index in [1.54, 1.807) is 0 Å². The summed E-state index contributed by atoms with van der Waals surface area (Å²) in [5.74, 6) is 0.867. The monoisotopic (exact) mass is 308 g/mol. The molecule has 0 spiro atoms. The number of hydrogen-bond donors (Lipinski definition) is 1. The maximum Gasteiger partial charge on any atom is 0.188 e. The van der Waals surface area contributed by atoms with Crippen LogP contribution in [0.2, 0.25) is 0 Å². The zero-order valence-electron chi connectivity index (χ0n) is 10.2. The van der Waals surface area contributed by atoms with E-state index in [-0.39, 0.29) is 12.1 Å². The fourth-order valence-corrected chi connectivity index (χ4v) is 3.13. The molecule has 0 aromatic heterocycles. The zero-order chi connectivity index (χ0) is 12.5. The van der Waals surface area contributed by atoms with Crippen molar-refractivity contribution in [3.63, 3.8) is 0 Å². The van der Waals surface area contributed by atoms with E-state index in [9.17, 15) is 0 Å². The lowest BCUT2D eigenvalue weighted by atomic mass is 9.90.